The standard InChI is InChI=1S/C13H24N2O2.ClH/c1-13(5-6-14-9-13)10-15-7-3-11(4-8-15)12(16)17-2;/h11,14H,3-10H2,1-2H3;1H. The Labute approximate surface area is 116 Å². The zero-order chi connectivity index (χ0) is 12.3. The highest BCUT2D eigenvalue weighted by Crippen LogP contribution is 2.28. The lowest BCUT2D eigenvalue weighted by Crippen LogP contribution is -2.43. The molecule has 18 heavy (non-hydrogen) atoms. The van der Waals surface area contributed by atoms with Crippen molar-refractivity contribution in [2.75, 3.05) is 39.8 Å². The van der Waals surface area contributed by atoms with Gasteiger partial charge in [-0.05, 0) is 44.3 Å². The molecule has 1 atom stereocenters. The highest BCUT2D eigenvalue weighted by molar-refractivity contribution is 5.85. The minimum absolute atomic E-state index is 0. The van der Waals surface area contributed by atoms with E-state index in [4.69, 9.17) is 4.74 Å². The van der Waals surface area contributed by atoms with Gasteiger partial charge in [-0.25, -0.2) is 0 Å². The first-order valence-electron chi connectivity index (χ1n) is 6.64. The first kappa shape index (κ1) is 15.7. The lowest BCUT2D eigenvalue weighted by Gasteiger charge is -2.36. The predicted molar refractivity (Wildman–Crippen MR) is 74.0 cm³/mol. The van der Waals surface area contributed by atoms with Gasteiger partial charge in [-0.2, -0.15) is 0 Å². The molecule has 1 unspecified atom stereocenters. The second kappa shape index (κ2) is 6.73. The van der Waals surface area contributed by atoms with Crippen molar-refractivity contribution in [2.24, 2.45) is 11.3 Å². The molecule has 0 amide bonds. The summed E-state index contributed by atoms with van der Waals surface area (Å²) in [6.45, 7) is 7.87. The van der Waals surface area contributed by atoms with Gasteiger partial charge in [0.05, 0.1) is 13.0 Å². The molecule has 0 aromatic heterocycles. The summed E-state index contributed by atoms with van der Waals surface area (Å²) in [4.78, 5) is 13.9. The maximum Gasteiger partial charge on any atom is 0.308 e. The van der Waals surface area contributed by atoms with Crippen LogP contribution >= 0.6 is 12.4 Å². The molecule has 2 rings (SSSR count). The van der Waals surface area contributed by atoms with E-state index in [9.17, 15) is 4.79 Å². The smallest absolute Gasteiger partial charge is 0.308 e. The zero-order valence-electron chi connectivity index (χ0n) is 11.4. The van der Waals surface area contributed by atoms with Gasteiger partial charge in [-0.15, -0.1) is 12.4 Å². The molecule has 0 spiro atoms. The van der Waals surface area contributed by atoms with Gasteiger partial charge in [0.1, 0.15) is 0 Å². The van der Waals surface area contributed by atoms with Crippen LogP contribution in [0.1, 0.15) is 26.2 Å². The normalized spacial score (nSPS) is 29.9. The Kier molecular flexibility index (Phi) is 5.89. The summed E-state index contributed by atoms with van der Waals surface area (Å²) in [5.74, 6) is 0.101. The fourth-order valence-electron chi connectivity index (χ4n) is 3.04. The molecule has 2 aliphatic rings. The van der Waals surface area contributed by atoms with Crippen molar-refractivity contribution >= 4 is 18.4 Å². The van der Waals surface area contributed by atoms with Crippen LogP contribution in [0, 0.1) is 11.3 Å². The van der Waals surface area contributed by atoms with E-state index in [2.05, 4.69) is 17.1 Å². The lowest BCUT2D eigenvalue weighted by atomic mass is 9.87. The molecule has 2 heterocycles. The van der Waals surface area contributed by atoms with E-state index in [1.165, 1.54) is 13.5 Å². The van der Waals surface area contributed by atoms with Crippen LogP contribution in [0.2, 0.25) is 0 Å². The third-order valence-electron chi connectivity index (χ3n) is 4.18. The fourth-order valence-corrected chi connectivity index (χ4v) is 3.04. The number of ether oxygens (including phenoxy) is 1. The number of nitrogens with zero attached hydrogens (tertiary/aromatic N) is 1. The first-order chi connectivity index (χ1) is 8.13. The summed E-state index contributed by atoms with van der Waals surface area (Å²) >= 11 is 0. The average Bonchev–Trinajstić information content (AvgIpc) is 2.76. The second-order valence-corrected chi connectivity index (χ2v) is 5.81. The van der Waals surface area contributed by atoms with Crippen molar-refractivity contribution in [1.29, 1.82) is 0 Å². The minimum Gasteiger partial charge on any atom is -0.469 e. The molecule has 2 aliphatic heterocycles. The number of hydrogen-bond acceptors (Lipinski definition) is 4. The van der Waals surface area contributed by atoms with E-state index in [1.54, 1.807) is 0 Å². The van der Waals surface area contributed by atoms with Crippen molar-refractivity contribution in [3.8, 4) is 0 Å². The van der Waals surface area contributed by atoms with Gasteiger partial charge in [-0.1, -0.05) is 6.92 Å². The number of esters is 1. The number of nitrogens with one attached hydrogen (secondary N) is 1. The van der Waals surface area contributed by atoms with Crippen molar-refractivity contribution in [3.05, 3.63) is 0 Å². The summed E-state index contributed by atoms with van der Waals surface area (Å²) < 4.78 is 4.81. The quantitative estimate of drug-likeness (QED) is 0.789. The lowest BCUT2D eigenvalue weighted by molar-refractivity contribution is -0.147. The Morgan fingerprint density at radius 3 is 2.61 bits per heavy atom. The molecular weight excluding hydrogens is 252 g/mol. The third-order valence-corrected chi connectivity index (χ3v) is 4.18. The first-order valence-corrected chi connectivity index (χ1v) is 6.64. The molecule has 0 saturated carbocycles. The molecule has 0 aliphatic carbocycles. The number of hydrogen-bond donors (Lipinski definition) is 1. The molecule has 0 aromatic carbocycles. The van der Waals surface area contributed by atoms with Crippen LogP contribution in [0.5, 0.6) is 0 Å². The average molecular weight is 277 g/mol. The number of carbonyl (C=O) groups is 1. The topological polar surface area (TPSA) is 41.6 Å². The number of rotatable bonds is 3. The molecule has 106 valence electrons. The summed E-state index contributed by atoms with van der Waals surface area (Å²) in [5.41, 5.74) is 0.429. The zero-order valence-corrected chi connectivity index (χ0v) is 12.2. The highest BCUT2D eigenvalue weighted by atomic mass is 35.5. The Balaban J connectivity index is 0.00000162. The number of halogens is 1. The van der Waals surface area contributed by atoms with Crippen molar-refractivity contribution in [3.63, 3.8) is 0 Å². The van der Waals surface area contributed by atoms with Crippen LogP contribution < -0.4 is 5.32 Å². The minimum atomic E-state index is -0.0293. The molecule has 4 nitrogen and oxygen atoms in total. The summed E-state index contributed by atoms with van der Waals surface area (Å²) in [6.07, 6.45) is 3.18. The number of piperidine rings is 1. The Morgan fingerprint density at radius 2 is 2.11 bits per heavy atom. The molecule has 2 saturated heterocycles. The van der Waals surface area contributed by atoms with Crippen LogP contribution in [0.25, 0.3) is 0 Å². The summed E-state index contributed by atoms with van der Waals surface area (Å²) in [5, 5.41) is 3.44. The van der Waals surface area contributed by atoms with Gasteiger partial charge in [-0.3, -0.25) is 4.79 Å². The number of carbonyl (C=O) groups excluding carboxylic acids is 1. The van der Waals surface area contributed by atoms with E-state index < -0.39 is 0 Å². The number of methoxy groups -OCH3 is 1. The summed E-state index contributed by atoms with van der Waals surface area (Å²) in [6, 6.07) is 0. The molecule has 1 N–H and O–H groups in total. The monoisotopic (exact) mass is 276 g/mol. The molecule has 5 heteroatoms. The molecule has 0 aromatic rings. The molecule has 0 bridgehead atoms. The number of likely N-dealkylation sites (tertiary alicyclic amines) is 1. The Hall–Kier alpha value is -0.320. The summed E-state index contributed by atoms with van der Waals surface area (Å²) in [7, 11) is 1.49. The predicted octanol–water partition coefficient (Wildman–Crippen LogP) is 1.29. The van der Waals surface area contributed by atoms with Gasteiger partial charge >= 0.3 is 5.97 Å². The molecule has 0 radical (unpaired) electrons. The van der Waals surface area contributed by atoms with Crippen LogP contribution in [0.4, 0.5) is 0 Å². The maximum absolute atomic E-state index is 11.4. The van der Waals surface area contributed by atoms with Gasteiger partial charge in [0.25, 0.3) is 0 Å². The van der Waals surface area contributed by atoms with Crippen LogP contribution in [-0.4, -0.2) is 50.7 Å². The van der Waals surface area contributed by atoms with Crippen LogP contribution in [0.15, 0.2) is 0 Å². The van der Waals surface area contributed by atoms with E-state index >= 15 is 0 Å². The van der Waals surface area contributed by atoms with Gasteiger partial charge in [0, 0.05) is 13.1 Å². The fraction of sp³-hybridized carbons (Fsp3) is 0.923. The second-order valence-electron chi connectivity index (χ2n) is 5.81. The van der Waals surface area contributed by atoms with Gasteiger partial charge in [0.15, 0.2) is 0 Å². The van der Waals surface area contributed by atoms with Gasteiger partial charge < -0.3 is 15.0 Å². The van der Waals surface area contributed by atoms with Gasteiger partial charge in [0.2, 0.25) is 0 Å². The van der Waals surface area contributed by atoms with Crippen LogP contribution in [0.3, 0.4) is 0 Å². The van der Waals surface area contributed by atoms with Crippen LogP contribution in [-0.2, 0) is 9.53 Å². The van der Waals surface area contributed by atoms with E-state index in [1.807, 2.05) is 0 Å². The largest absolute Gasteiger partial charge is 0.469 e. The van der Waals surface area contributed by atoms with E-state index in [-0.39, 0.29) is 24.3 Å². The SMILES string of the molecule is COC(=O)C1CCN(CC2(C)CCNC2)CC1.Cl. The van der Waals surface area contributed by atoms with E-state index in [0.717, 1.165) is 45.6 Å². The van der Waals surface area contributed by atoms with Crippen molar-refractivity contribution in [1.82, 2.24) is 10.2 Å². The molecule has 2 fully saturated rings. The maximum atomic E-state index is 11.4. The Morgan fingerprint density at radius 1 is 1.44 bits per heavy atom. The molecular formula is C13H25ClN2O2. The van der Waals surface area contributed by atoms with Crippen molar-refractivity contribution < 1.29 is 9.53 Å². The van der Waals surface area contributed by atoms with E-state index in [0.29, 0.717) is 5.41 Å². The highest BCUT2D eigenvalue weighted by Gasteiger charge is 2.33. The van der Waals surface area contributed by atoms with Crippen molar-refractivity contribution in [2.45, 2.75) is 26.2 Å². The Bertz CT molecular complexity index is 272. The third kappa shape index (κ3) is 3.84.